The first-order valence-electron chi connectivity index (χ1n) is 4.27. The van der Waals surface area contributed by atoms with E-state index in [-0.39, 0.29) is 5.97 Å². The van der Waals surface area contributed by atoms with E-state index in [0.29, 0.717) is 5.75 Å². The van der Waals surface area contributed by atoms with Gasteiger partial charge in [0.05, 0.1) is 17.1 Å². The van der Waals surface area contributed by atoms with Crippen LogP contribution in [0.2, 0.25) is 0 Å². The molecular weight excluding hydrogens is 180 g/mol. The molecule has 0 unspecified atom stereocenters. The highest BCUT2D eigenvalue weighted by Crippen LogP contribution is 2.24. The van der Waals surface area contributed by atoms with Crippen LogP contribution < -0.4 is 4.74 Å². The van der Waals surface area contributed by atoms with Crippen LogP contribution in [0, 0.1) is 0 Å². The number of ether oxygens (including phenoxy) is 1. The molecule has 0 spiro atoms. The number of carbonyl (C=O) groups is 1. The molecule has 0 aliphatic heterocycles. The van der Waals surface area contributed by atoms with Gasteiger partial charge in [-0.1, -0.05) is 6.07 Å². The maximum Gasteiger partial charge on any atom is 0.308 e. The zero-order valence-corrected chi connectivity index (χ0v) is 8.02. The molecule has 0 saturated heterocycles. The summed E-state index contributed by atoms with van der Waals surface area (Å²) in [4.78, 5) is 10.8. The molecule has 0 fully saturated rings. The minimum Gasteiger partial charge on any atom is -0.426 e. The van der Waals surface area contributed by atoms with Crippen molar-refractivity contribution in [3.63, 3.8) is 0 Å². The fraction of sp³-hybridized carbons (Fsp3) is 0.200. The molecule has 1 heterocycles. The first-order valence-corrected chi connectivity index (χ1v) is 4.27. The number of hydrogen-bond donors (Lipinski definition) is 0. The third kappa shape index (κ3) is 1.35. The zero-order valence-electron chi connectivity index (χ0n) is 8.02. The van der Waals surface area contributed by atoms with Crippen LogP contribution in [-0.4, -0.2) is 15.7 Å². The van der Waals surface area contributed by atoms with Gasteiger partial charge in [0.2, 0.25) is 0 Å². The van der Waals surface area contributed by atoms with Crippen molar-refractivity contribution in [3.8, 4) is 5.75 Å². The Morgan fingerprint density at radius 1 is 1.50 bits per heavy atom. The Labute approximate surface area is 81.1 Å². The van der Waals surface area contributed by atoms with Gasteiger partial charge in [0, 0.05) is 14.0 Å². The Balaban J connectivity index is 2.59. The lowest BCUT2D eigenvalue weighted by Crippen LogP contribution is -2.01. The Kier molecular flexibility index (Phi) is 1.96. The molecule has 2 rings (SSSR count). The minimum atomic E-state index is -0.318. The molecule has 14 heavy (non-hydrogen) atoms. The lowest BCUT2D eigenvalue weighted by atomic mass is 10.2. The van der Waals surface area contributed by atoms with Gasteiger partial charge in [-0.15, -0.1) is 0 Å². The largest absolute Gasteiger partial charge is 0.426 e. The van der Waals surface area contributed by atoms with Crippen molar-refractivity contribution in [3.05, 3.63) is 24.4 Å². The molecule has 2 aromatic rings. The van der Waals surface area contributed by atoms with Crippen molar-refractivity contribution in [1.82, 2.24) is 9.78 Å². The lowest BCUT2D eigenvalue weighted by molar-refractivity contribution is -0.131. The fourth-order valence-electron chi connectivity index (χ4n) is 1.39. The van der Waals surface area contributed by atoms with E-state index >= 15 is 0 Å². The standard InChI is InChI=1S/C10H10N2O2/c1-7(13)14-10-5-3-4-9-8(10)6-11-12(9)2/h3-6H,1-2H3. The van der Waals surface area contributed by atoms with Crippen LogP contribution in [0.5, 0.6) is 5.75 Å². The average molecular weight is 190 g/mol. The van der Waals surface area contributed by atoms with Crippen LogP contribution in [0.4, 0.5) is 0 Å². The van der Waals surface area contributed by atoms with Gasteiger partial charge in [0.15, 0.2) is 0 Å². The fourth-order valence-corrected chi connectivity index (χ4v) is 1.39. The first kappa shape index (κ1) is 8.74. The molecule has 0 radical (unpaired) electrons. The third-order valence-electron chi connectivity index (χ3n) is 2.01. The number of hydrogen-bond acceptors (Lipinski definition) is 3. The van der Waals surface area contributed by atoms with Gasteiger partial charge in [-0.3, -0.25) is 9.48 Å². The number of nitrogens with zero attached hydrogens (tertiary/aromatic N) is 2. The third-order valence-corrected chi connectivity index (χ3v) is 2.01. The Morgan fingerprint density at radius 2 is 2.29 bits per heavy atom. The topological polar surface area (TPSA) is 44.1 Å². The van der Waals surface area contributed by atoms with Gasteiger partial charge >= 0.3 is 5.97 Å². The minimum absolute atomic E-state index is 0.318. The van der Waals surface area contributed by atoms with Gasteiger partial charge in [0.25, 0.3) is 0 Å². The lowest BCUT2D eigenvalue weighted by Gasteiger charge is -2.01. The Bertz CT molecular complexity index is 488. The predicted octanol–water partition coefficient (Wildman–Crippen LogP) is 1.50. The van der Waals surface area contributed by atoms with E-state index < -0.39 is 0 Å². The summed E-state index contributed by atoms with van der Waals surface area (Å²) in [6.45, 7) is 1.38. The maximum absolute atomic E-state index is 10.8. The van der Waals surface area contributed by atoms with Gasteiger partial charge in [-0.05, 0) is 12.1 Å². The molecule has 0 aliphatic carbocycles. The highest BCUT2D eigenvalue weighted by Gasteiger charge is 2.06. The molecule has 0 amide bonds. The number of rotatable bonds is 1. The summed E-state index contributed by atoms with van der Waals surface area (Å²) in [7, 11) is 1.85. The molecule has 1 aromatic heterocycles. The van der Waals surface area contributed by atoms with Crippen LogP contribution in [0.25, 0.3) is 10.9 Å². The van der Waals surface area contributed by atoms with E-state index in [1.54, 1.807) is 16.9 Å². The van der Waals surface area contributed by atoms with Crippen molar-refractivity contribution in [2.24, 2.45) is 7.05 Å². The molecule has 4 heteroatoms. The number of esters is 1. The van der Waals surface area contributed by atoms with Crippen molar-refractivity contribution >= 4 is 16.9 Å². The molecule has 0 saturated carbocycles. The quantitative estimate of drug-likeness (QED) is 0.505. The van der Waals surface area contributed by atoms with E-state index in [9.17, 15) is 4.79 Å². The van der Waals surface area contributed by atoms with E-state index in [1.165, 1.54) is 6.92 Å². The molecular formula is C10H10N2O2. The van der Waals surface area contributed by atoms with Crippen molar-refractivity contribution in [2.45, 2.75) is 6.92 Å². The van der Waals surface area contributed by atoms with Gasteiger partial charge < -0.3 is 4.74 Å². The normalized spacial score (nSPS) is 10.4. The SMILES string of the molecule is CC(=O)Oc1cccc2c1cnn2C. The zero-order chi connectivity index (χ0) is 10.1. The molecule has 72 valence electrons. The van der Waals surface area contributed by atoms with Crippen LogP contribution >= 0.6 is 0 Å². The molecule has 0 atom stereocenters. The monoisotopic (exact) mass is 190 g/mol. The second-order valence-electron chi connectivity index (χ2n) is 3.05. The molecule has 1 aromatic carbocycles. The molecule has 0 aliphatic rings. The highest BCUT2D eigenvalue weighted by atomic mass is 16.5. The predicted molar refractivity (Wildman–Crippen MR) is 52.0 cm³/mol. The molecule has 0 bridgehead atoms. The average Bonchev–Trinajstić information content (AvgIpc) is 2.49. The van der Waals surface area contributed by atoms with Crippen LogP contribution in [0.3, 0.4) is 0 Å². The number of benzene rings is 1. The van der Waals surface area contributed by atoms with E-state index in [4.69, 9.17) is 4.74 Å². The summed E-state index contributed by atoms with van der Waals surface area (Å²) in [6.07, 6.45) is 1.69. The van der Waals surface area contributed by atoms with Gasteiger partial charge in [-0.2, -0.15) is 5.10 Å². The van der Waals surface area contributed by atoms with Gasteiger partial charge in [-0.25, -0.2) is 0 Å². The Morgan fingerprint density at radius 3 is 3.00 bits per heavy atom. The maximum atomic E-state index is 10.8. The Hall–Kier alpha value is -1.84. The first-order chi connectivity index (χ1) is 6.68. The van der Waals surface area contributed by atoms with Crippen molar-refractivity contribution < 1.29 is 9.53 Å². The number of carbonyl (C=O) groups excluding carboxylic acids is 1. The summed E-state index contributed by atoms with van der Waals surface area (Å²) in [5.74, 6) is 0.240. The summed E-state index contributed by atoms with van der Waals surface area (Å²) in [6, 6.07) is 5.52. The summed E-state index contributed by atoms with van der Waals surface area (Å²) < 4.78 is 6.79. The highest BCUT2D eigenvalue weighted by molar-refractivity contribution is 5.87. The van der Waals surface area contributed by atoms with Crippen LogP contribution in [0.1, 0.15) is 6.92 Å². The summed E-state index contributed by atoms with van der Waals surface area (Å²) >= 11 is 0. The second-order valence-corrected chi connectivity index (χ2v) is 3.05. The van der Waals surface area contributed by atoms with E-state index in [1.807, 2.05) is 19.2 Å². The smallest absolute Gasteiger partial charge is 0.308 e. The summed E-state index contributed by atoms with van der Waals surface area (Å²) in [5, 5.41) is 4.94. The van der Waals surface area contributed by atoms with Crippen molar-refractivity contribution in [1.29, 1.82) is 0 Å². The second kappa shape index (κ2) is 3.14. The van der Waals surface area contributed by atoms with E-state index in [0.717, 1.165) is 10.9 Å². The van der Waals surface area contributed by atoms with Crippen LogP contribution in [0.15, 0.2) is 24.4 Å². The summed E-state index contributed by atoms with van der Waals surface area (Å²) in [5.41, 5.74) is 0.948. The molecule has 0 N–H and O–H groups in total. The van der Waals surface area contributed by atoms with E-state index in [2.05, 4.69) is 5.10 Å². The molecule has 4 nitrogen and oxygen atoms in total. The van der Waals surface area contributed by atoms with Gasteiger partial charge in [0.1, 0.15) is 5.75 Å². The van der Waals surface area contributed by atoms with Crippen molar-refractivity contribution in [2.75, 3.05) is 0 Å². The van der Waals surface area contributed by atoms with Crippen LogP contribution in [-0.2, 0) is 11.8 Å². The number of fused-ring (bicyclic) bond motifs is 1. The number of aryl methyl sites for hydroxylation is 1. The number of aromatic nitrogens is 2.